The molecule has 1 saturated heterocycles. The maximum absolute atomic E-state index is 15.9. The van der Waals surface area contributed by atoms with Crippen LogP contribution in [0, 0.1) is 5.92 Å². The number of carboxylic acid groups (broad SMARTS) is 1. The SMILES string of the molecule is COc1ccc(CN(Cc2ccc(OC)cc2)S(=O)(=O)[C@H](C)[C@@H](C)CC=C(F)CN2CC[C@H]2CN2C[C@@]3(CCCc4cc(Cl)ccc43)COc3ccc(C(=O)O)cc32)cc1. The van der Waals surface area contributed by atoms with Crippen molar-refractivity contribution in [3.63, 3.8) is 0 Å². The fourth-order valence-corrected chi connectivity index (χ4v) is 10.8. The lowest BCUT2D eigenvalue weighted by Gasteiger charge is -2.46. The number of fused-ring (bicyclic) bond motifs is 3. The minimum Gasteiger partial charge on any atom is -0.497 e. The van der Waals surface area contributed by atoms with Gasteiger partial charge in [0.2, 0.25) is 10.0 Å². The molecule has 320 valence electrons. The third kappa shape index (κ3) is 9.62. The van der Waals surface area contributed by atoms with Crippen LogP contribution in [0.4, 0.5) is 10.1 Å². The Kier molecular flexibility index (Phi) is 13.4. The lowest BCUT2D eigenvalue weighted by molar-refractivity contribution is 0.0696. The van der Waals surface area contributed by atoms with E-state index in [1.54, 1.807) is 39.3 Å². The lowest BCUT2D eigenvalue weighted by Crippen LogP contribution is -2.56. The number of carbonyl (C=O) groups is 1. The fraction of sp³-hybridized carbons (Fsp3) is 0.426. The van der Waals surface area contributed by atoms with Gasteiger partial charge in [0.1, 0.15) is 23.1 Å². The van der Waals surface area contributed by atoms with Crippen molar-refractivity contribution in [2.45, 2.75) is 75.7 Å². The molecule has 1 aliphatic carbocycles. The Labute approximate surface area is 358 Å². The third-order valence-electron chi connectivity index (χ3n) is 12.7. The third-order valence-corrected chi connectivity index (χ3v) is 15.3. The molecule has 1 N–H and O–H groups in total. The van der Waals surface area contributed by atoms with Gasteiger partial charge in [0.05, 0.1) is 43.9 Å². The number of allylic oxidation sites excluding steroid dienone is 1. The number of ether oxygens (including phenoxy) is 3. The molecule has 0 bridgehead atoms. The first-order valence-electron chi connectivity index (χ1n) is 20.7. The molecule has 1 spiro atoms. The topological polar surface area (TPSA) is 109 Å². The van der Waals surface area contributed by atoms with Gasteiger partial charge in [-0.1, -0.05) is 54.9 Å². The second-order valence-electron chi connectivity index (χ2n) is 16.6. The number of anilines is 1. The van der Waals surface area contributed by atoms with Crippen LogP contribution in [0.2, 0.25) is 5.02 Å². The highest BCUT2D eigenvalue weighted by Crippen LogP contribution is 2.45. The standard InChI is InChI=1S/C47H55ClFN3O7S/c1-32(33(2)60(55,56)52(26-34-8-15-41(57-3)16-9-34)27-35-10-17-42(58-4)18-11-35)7-14-39(49)28-50-23-21-40(50)29-51-30-47(22-5-6-36-24-38(48)13-19-43(36)47)31-59-45-20-12-37(46(53)54)25-44(45)51/h8-20,24-25,32-33,40H,5-7,21-23,26-31H2,1-4H3,(H,53,54)/t32-,33+,40-,47-/m0/s1. The molecule has 1 fully saturated rings. The molecule has 7 rings (SSSR count). The smallest absolute Gasteiger partial charge is 0.335 e. The van der Waals surface area contributed by atoms with Gasteiger partial charge in [0.15, 0.2) is 0 Å². The van der Waals surface area contributed by atoms with E-state index < -0.39 is 21.2 Å². The molecule has 60 heavy (non-hydrogen) atoms. The predicted octanol–water partition coefficient (Wildman–Crippen LogP) is 8.90. The van der Waals surface area contributed by atoms with Crippen LogP contribution in [0.3, 0.4) is 0 Å². The fourth-order valence-electron chi connectivity index (χ4n) is 8.81. The van der Waals surface area contributed by atoms with Crippen molar-refractivity contribution in [1.29, 1.82) is 0 Å². The van der Waals surface area contributed by atoms with Crippen LogP contribution in [0.15, 0.2) is 96.8 Å². The summed E-state index contributed by atoms with van der Waals surface area (Å²) in [5.74, 6) is 0.329. The first-order chi connectivity index (χ1) is 28.8. The molecule has 2 heterocycles. The van der Waals surface area contributed by atoms with Gasteiger partial charge < -0.3 is 24.2 Å². The molecule has 3 aliphatic rings. The number of sulfonamides is 1. The Morgan fingerprint density at radius 3 is 2.27 bits per heavy atom. The molecule has 0 aromatic heterocycles. The summed E-state index contributed by atoms with van der Waals surface area (Å²) in [6.45, 7) is 6.38. The van der Waals surface area contributed by atoms with Crippen LogP contribution < -0.4 is 19.1 Å². The minimum atomic E-state index is -3.84. The van der Waals surface area contributed by atoms with Gasteiger partial charge in [-0.15, -0.1) is 0 Å². The summed E-state index contributed by atoms with van der Waals surface area (Å²) in [4.78, 5) is 16.4. The molecular formula is C47H55ClFN3O7S. The molecule has 0 amide bonds. The van der Waals surface area contributed by atoms with Crippen molar-refractivity contribution in [3.05, 3.63) is 130 Å². The Morgan fingerprint density at radius 2 is 1.67 bits per heavy atom. The molecule has 4 aromatic rings. The van der Waals surface area contributed by atoms with Crippen molar-refractivity contribution in [2.24, 2.45) is 5.92 Å². The maximum atomic E-state index is 15.9. The van der Waals surface area contributed by atoms with Crippen molar-refractivity contribution in [2.75, 3.05) is 51.9 Å². The van der Waals surface area contributed by atoms with Crippen molar-refractivity contribution < 1.29 is 36.9 Å². The molecule has 2 aliphatic heterocycles. The summed E-state index contributed by atoms with van der Waals surface area (Å²) in [6.07, 6.45) is 5.48. The van der Waals surface area contributed by atoms with E-state index in [-0.39, 0.29) is 54.8 Å². The van der Waals surface area contributed by atoms with E-state index in [4.69, 9.17) is 25.8 Å². The lowest BCUT2D eigenvalue weighted by atomic mass is 9.70. The van der Waals surface area contributed by atoms with Crippen LogP contribution in [-0.4, -0.2) is 87.0 Å². The Hall–Kier alpha value is -4.62. The molecule has 0 saturated carbocycles. The predicted molar refractivity (Wildman–Crippen MR) is 234 cm³/mol. The van der Waals surface area contributed by atoms with Gasteiger partial charge in [-0.25, -0.2) is 17.6 Å². The number of likely N-dealkylation sites (tertiary alicyclic amines) is 1. The summed E-state index contributed by atoms with van der Waals surface area (Å²) in [6, 6.07) is 25.8. The summed E-state index contributed by atoms with van der Waals surface area (Å²) in [5.41, 5.74) is 4.66. The number of hydrogen-bond donors (Lipinski definition) is 1. The molecular weight excluding hydrogens is 805 g/mol. The van der Waals surface area contributed by atoms with Gasteiger partial charge in [-0.3, -0.25) is 4.90 Å². The van der Waals surface area contributed by atoms with E-state index in [1.165, 1.54) is 21.5 Å². The zero-order valence-electron chi connectivity index (χ0n) is 34.8. The number of rotatable bonds is 16. The number of halogens is 2. The highest BCUT2D eigenvalue weighted by molar-refractivity contribution is 7.89. The highest BCUT2D eigenvalue weighted by Gasteiger charge is 2.43. The van der Waals surface area contributed by atoms with Crippen molar-refractivity contribution >= 4 is 33.3 Å². The minimum absolute atomic E-state index is 0.0232. The first-order valence-corrected chi connectivity index (χ1v) is 22.5. The van der Waals surface area contributed by atoms with Crippen LogP contribution in [0.1, 0.15) is 72.1 Å². The van der Waals surface area contributed by atoms with Gasteiger partial charge in [0.25, 0.3) is 0 Å². The van der Waals surface area contributed by atoms with E-state index in [1.807, 2.05) is 67.6 Å². The number of carboxylic acids is 1. The van der Waals surface area contributed by atoms with E-state index in [2.05, 4.69) is 15.9 Å². The normalized spacial score (nSPS) is 20.4. The monoisotopic (exact) mass is 859 g/mol. The van der Waals surface area contributed by atoms with Crippen molar-refractivity contribution in [1.82, 2.24) is 9.21 Å². The van der Waals surface area contributed by atoms with E-state index in [9.17, 15) is 18.3 Å². The molecule has 4 atom stereocenters. The van der Waals surface area contributed by atoms with E-state index >= 15 is 4.39 Å². The maximum Gasteiger partial charge on any atom is 0.335 e. The second-order valence-corrected chi connectivity index (χ2v) is 19.3. The van der Waals surface area contributed by atoms with Crippen molar-refractivity contribution in [3.8, 4) is 17.2 Å². The number of aromatic carboxylic acids is 1. The number of methoxy groups -OCH3 is 2. The first kappa shape index (κ1) is 43.5. The highest BCUT2D eigenvalue weighted by atomic mass is 35.5. The number of benzene rings is 4. The van der Waals surface area contributed by atoms with Gasteiger partial charge in [-0.2, -0.15) is 4.31 Å². The number of nitrogens with zero attached hydrogens (tertiary/aromatic N) is 3. The van der Waals surface area contributed by atoms with Crippen LogP contribution in [0.25, 0.3) is 0 Å². The van der Waals surface area contributed by atoms with Gasteiger partial charge >= 0.3 is 5.97 Å². The summed E-state index contributed by atoms with van der Waals surface area (Å²) in [7, 11) is -0.660. The Bertz CT molecular complexity index is 2240. The van der Waals surface area contributed by atoms with Gasteiger partial charge in [-0.05, 0) is 122 Å². The molecule has 4 aromatic carbocycles. The van der Waals surface area contributed by atoms with Crippen LogP contribution in [-0.2, 0) is 34.9 Å². The summed E-state index contributed by atoms with van der Waals surface area (Å²) in [5, 5.41) is 9.81. The zero-order valence-corrected chi connectivity index (χ0v) is 36.4. The quantitative estimate of drug-likeness (QED) is 0.118. The Balaban J connectivity index is 1.04. The summed E-state index contributed by atoms with van der Waals surface area (Å²) < 4.78 is 63.1. The van der Waals surface area contributed by atoms with E-state index in [0.29, 0.717) is 42.0 Å². The Morgan fingerprint density at radius 1 is 1.00 bits per heavy atom. The average Bonchev–Trinajstić information content (AvgIpc) is 3.39. The molecule has 13 heteroatoms. The number of hydrogen-bond acceptors (Lipinski definition) is 8. The largest absolute Gasteiger partial charge is 0.497 e. The van der Waals surface area contributed by atoms with Crippen LogP contribution >= 0.6 is 11.6 Å². The summed E-state index contributed by atoms with van der Waals surface area (Å²) >= 11 is 6.42. The zero-order chi connectivity index (χ0) is 42.6. The average molecular weight is 860 g/mol. The number of aryl methyl sites for hydroxylation is 1. The van der Waals surface area contributed by atoms with Crippen LogP contribution in [0.5, 0.6) is 17.2 Å². The second kappa shape index (κ2) is 18.6. The molecule has 10 nitrogen and oxygen atoms in total. The molecule has 0 radical (unpaired) electrons. The van der Waals surface area contributed by atoms with E-state index in [0.717, 1.165) is 49.0 Å². The molecule has 0 unspecified atom stereocenters. The van der Waals surface area contributed by atoms with Gasteiger partial charge in [0, 0.05) is 49.2 Å².